The molecule has 0 saturated carbocycles. The monoisotopic (exact) mass is 1630 g/mol. The summed E-state index contributed by atoms with van der Waals surface area (Å²) >= 11 is 11.7. The molecule has 4 aromatic heterocycles. The number of hydrogen-bond acceptors (Lipinski definition) is 20. The van der Waals surface area contributed by atoms with E-state index >= 15 is 0 Å². The number of carbonyl (C=O) groups excluding carboxylic acids is 8. The van der Waals surface area contributed by atoms with Gasteiger partial charge >= 0.3 is 10.6 Å². The van der Waals surface area contributed by atoms with Gasteiger partial charge in [-0.2, -0.15) is 25.3 Å². The van der Waals surface area contributed by atoms with Gasteiger partial charge in [0.15, 0.2) is 23.0 Å². The third kappa shape index (κ3) is 20.2. The Hall–Kier alpha value is -11.3. The Balaban J connectivity index is 0.000000211. The lowest BCUT2D eigenvalue weighted by atomic mass is 9.99. The highest BCUT2D eigenvalue weighted by molar-refractivity contribution is 7.82. The highest BCUT2D eigenvalue weighted by Gasteiger charge is 2.39. The molecule has 0 saturated heterocycles. The summed E-state index contributed by atoms with van der Waals surface area (Å²) in [7, 11) is 3.42. The summed E-state index contributed by atoms with van der Waals surface area (Å²) in [6.07, 6.45) is 9.54. The predicted molar refractivity (Wildman–Crippen MR) is 448 cm³/mol. The molecule has 26 nitrogen and oxygen atoms in total. The van der Waals surface area contributed by atoms with Crippen LogP contribution in [0.2, 0.25) is 0 Å². The molecule has 14 rings (SSSR count). The van der Waals surface area contributed by atoms with Crippen molar-refractivity contribution in [3.8, 4) is 23.0 Å². The number of aromatic nitrogens is 2. The lowest BCUT2D eigenvalue weighted by Crippen LogP contribution is -2.37. The van der Waals surface area contributed by atoms with E-state index in [2.05, 4.69) is 68.2 Å². The van der Waals surface area contributed by atoms with E-state index in [-0.39, 0.29) is 102 Å². The fourth-order valence-corrected chi connectivity index (χ4v) is 15.6. The molecule has 10 aromatic rings. The number of methoxy groups -OCH3 is 2. The molecule has 0 fully saturated rings. The number of carbonyl (C=O) groups is 8. The molecule has 113 heavy (non-hydrogen) atoms. The lowest BCUT2D eigenvalue weighted by molar-refractivity contribution is -0.117. The van der Waals surface area contributed by atoms with Gasteiger partial charge in [-0.1, -0.05) is 43.8 Å². The number of para-hydroxylation sites is 2. The number of thiophene rings is 2. The first-order chi connectivity index (χ1) is 53.5. The Kier molecular flexibility index (Phi) is 26.1. The molecule has 0 bridgehead atoms. The number of thiol groups is 2. The van der Waals surface area contributed by atoms with E-state index in [1.165, 1.54) is 35.3 Å². The van der Waals surface area contributed by atoms with Crippen LogP contribution in [0.25, 0.3) is 20.2 Å². The third-order valence-corrected chi connectivity index (χ3v) is 21.3. The third-order valence-electron chi connectivity index (χ3n) is 18.8. The second-order valence-electron chi connectivity index (χ2n) is 28.5. The standard InChI is InChI=1S/C41H43N5O6S2.C40H40N6O6S2.CH4.O3S/c1-41(2,53)23-42-39(49)36-19-26-16-27(12-14-35(26)54-36)44-38(48)32-20-28(22-45(32)3)43-37(47)10-7-15-52-34-18-24-11-13-29-17-25-8-5-6-9-31(25)46(29)40(50)30(24)21-33(34)51-4;1-40(2,53)22-42-38(49)35-16-24-14-25(11-12-34(24)54-35)44-37(48)31-17-26(21-45(31)3)43-36(47)10-7-13-52-33-19-29-28(18-32(33)51-4)39(50)46-27(20-41-29)15-23-8-5-6-9-30(23)46;;1-4(2)3/h5-6,8-9,12,14,16,18-22,29,53H,7,10-11,13,15,17,23H2,1-4H3,(H,42,49)(H,43,47)(H,44,48);5-6,8-9,11-12,14,16-21,27,53H,7,10,13,15,22H2,1-4H3,(H,42,49)(H,43,47)(H,44,48);1H4;/t29-;27-;;/m10../s1. The Bertz CT molecular complexity index is 5490. The number of fused-ring (bicyclic) bond motifs is 10. The fourth-order valence-electron chi connectivity index (χ4n) is 13.5. The van der Waals surface area contributed by atoms with Crippen molar-refractivity contribution in [2.75, 3.05) is 71.6 Å². The molecule has 6 N–H and O–H groups in total. The minimum atomic E-state index is -3.11. The number of aliphatic imine (C=N–C) groups is 1. The van der Waals surface area contributed by atoms with Gasteiger partial charge < -0.3 is 64.9 Å². The summed E-state index contributed by atoms with van der Waals surface area (Å²) < 4.78 is 53.1. The molecule has 590 valence electrons. The number of hydrogen-bond donors (Lipinski definition) is 8. The minimum absolute atomic E-state index is 0. The summed E-state index contributed by atoms with van der Waals surface area (Å²) in [5, 5.41) is 19.1. The number of aryl methyl sites for hydroxylation is 3. The fraction of sp³-hybridized carbons (Fsp3) is 0.305. The largest absolute Gasteiger partial charge is 0.493 e. The van der Waals surface area contributed by atoms with Crippen molar-refractivity contribution in [3.05, 3.63) is 195 Å². The molecule has 31 heteroatoms. The van der Waals surface area contributed by atoms with Crippen molar-refractivity contribution in [1.29, 1.82) is 0 Å². The second kappa shape index (κ2) is 35.6. The number of ether oxygens (including phenoxy) is 4. The van der Waals surface area contributed by atoms with E-state index in [0.29, 0.717) is 116 Å². The van der Waals surface area contributed by atoms with Crippen molar-refractivity contribution in [1.82, 2.24) is 19.8 Å². The normalized spacial score (nSPS) is 14.3. The van der Waals surface area contributed by atoms with Crippen LogP contribution in [0.1, 0.15) is 145 Å². The molecule has 0 spiro atoms. The first kappa shape index (κ1) is 82.7. The van der Waals surface area contributed by atoms with Crippen LogP contribution in [0.3, 0.4) is 0 Å². The van der Waals surface area contributed by atoms with Gasteiger partial charge in [-0.25, -0.2) is 0 Å². The van der Waals surface area contributed by atoms with Gasteiger partial charge in [0.1, 0.15) is 11.4 Å². The number of nitrogens with zero attached hydrogens (tertiary/aromatic N) is 5. The van der Waals surface area contributed by atoms with Crippen molar-refractivity contribution in [2.24, 2.45) is 19.1 Å². The van der Waals surface area contributed by atoms with Gasteiger partial charge in [-0.05, 0) is 178 Å². The minimum Gasteiger partial charge on any atom is -0.493 e. The quantitative estimate of drug-likeness (QED) is 0.0206. The number of rotatable bonds is 24. The number of anilines is 6. The number of nitrogens with one attached hydrogen (secondary N) is 6. The Labute approximate surface area is 673 Å². The van der Waals surface area contributed by atoms with Crippen LogP contribution in [0.4, 0.5) is 39.8 Å². The van der Waals surface area contributed by atoms with E-state index < -0.39 is 10.6 Å². The average Bonchev–Trinajstić information content (AvgIpc) is 1.62. The van der Waals surface area contributed by atoms with E-state index in [9.17, 15) is 38.4 Å². The molecule has 2 atom stereocenters. The van der Waals surface area contributed by atoms with Crippen LogP contribution in [0.15, 0.2) is 151 Å². The van der Waals surface area contributed by atoms with Crippen LogP contribution in [0.5, 0.6) is 23.0 Å². The van der Waals surface area contributed by atoms with Crippen LogP contribution in [-0.2, 0) is 53.6 Å². The first-order valence-electron chi connectivity index (χ1n) is 35.9. The summed E-state index contributed by atoms with van der Waals surface area (Å²) in [5.74, 6) is 0.229. The van der Waals surface area contributed by atoms with Gasteiger partial charge in [0, 0.05) is 124 Å². The van der Waals surface area contributed by atoms with Crippen molar-refractivity contribution in [3.63, 3.8) is 0 Å². The zero-order chi connectivity index (χ0) is 79.9. The van der Waals surface area contributed by atoms with Crippen molar-refractivity contribution >= 4 is 172 Å². The molecular weight excluding hydrogens is 1540 g/mol. The highest BCUT2D eigenvalue weighted by Crippen LogP contribution is 2.44. The Morgan fingerprint density at radius 2 is 1.00 bits per heavy atom. The second-order valence-corrected chi connectivity index (χ2v) is 33.5. The van der Waals surface area contributed by atoms with Crippen molar-refractivity contribution < 1.29 is 69.9 Å². The molecule has 0 unspecified atom stereocenters. The molecule has 8 heterocycles. The summed E-state index contributed by atoms with van der Waals surface area (Å²) in [5.41, 5.74) is 9.54. The molecule has 8 amide bonds. The molecular formula is C82H87N11O15S5. The Morgan fingerprint density at radius 3 is 1.50 bits per heavy atom. The zero-order valence-electron chi connectivity index (χ0n) is 62.6. The van der Waals surface area contributed by atoms with Gasteiger partial charge in [0.25, 0.3) is 35.4 Å². The maximum atomic E-state index is 13.7. The zero-order valence-corrected chi connectivity index (χ0v) is 66.8. The maximum absolute atomic E-state index is 13.7. The van der Waals surface area contributed by atoms with Gasteiger partial charge in [-0.3, -0.25) is 48.2 Å². The molecule has 0 radical (unpaired) electrons. The lowest BCUT2D eigenvalue weighted by Gasteiger charge is -2.23. The summed E-state index contributed by atoms with van der Waals surface area (Å²) in [6, 6.07) is 40.8. The molecule has 6 aromatic carbocycles. The average molecular weight is 1630 g/mol. The van der Waals surface area contributed by atoms with E-state index in [0.717, 1.165) is 61.9 Å². The van der Waals surface area contributed by atoms with E-state index in [1.807, 2.05) is 111 Å². The van der Waals surface area contributed by atoms with Crippen LogP contribution in [0, 0.1) is 0 Å². The first-order valence-corrected chi connectivity index (χ1v) is 39.5. The summed E-state index contributed by atoms with van der Waals surface area (Å²) in [4.78, 5) is 114. The smallest absolute Gasteiger partial charge is 0.425 e. The van der Waals surface area contributed by atoms with Gasteiger partial charge in [-0.15, -0.1) is 35.3 Å². The van der Waals surface area contributed by atoms with Crippen LogP contribution < -0.4 is 60.6 Å². The SMILES string of the molecule is C.COc1cc2c(cc1OCCCC(=O)Nc1cc(C(=O)Nc3ccc4sc(C(=O)NCC(C)(C)S)cc4c3)n(C)c1)CC[C@@H]1Cc3ccccc3N1C2=O.COc1cc2c(cc1OCCCC(=O)Nc1cc(C(=O)Nc3ccc4sc(C(=O)NCC(C)(C)S)cc4c3)n(C)c1)N=C[C@@H]1Cc3ccccc3N1C2=O.O=S(=O)=O. The Morgan fingerprint density at radius 1 is 0.540 bits per heavy atom. The van der Waals surface area contributed by atoms with Gasteiger partial charge in [0.2, 0.25) is 11.8 Å². The predicted octanol–water partition coefficient (Wildman–Crippen LogP) is 13.9. The maximum Gasteiger partial charge on any atom is 0.425 e. The summed E-state index contributed by atoms with van der Waals surface area (Å²) in [6.45, 7) is 9.08. The number of amides is 8. The van der Waals surface area contributed by atoms with E-state index in [1.54, 1.807) is 102 Å². The van der Waals surface area contributed by atoms with Crippen LogP contribution >= 0.6 is 47.9 Å². The highest BCUT2D eigenvalue weighted by atomic mass is 32.2. The van der Waals surface area contributed by atoms with Crippen molar-refractivity contribution in [2.45, 2.75) is 108 Å². The van der Waals surface area contributed by atoms with Crippen LogP contribution in [-0.4, -0.2) is 137 Å². The van der Waals surface area contributed by atoms with Gasteiger partial charge in [0.05, 0.1) is 65.9 Å². The van der Waals surface area contributed by atoms with E-state index in [4.69, 9.17) is 31.6 Å². The molecule has 4 aliphatic heterocycles. The topological polar surface area (TPSA) is 326 Å². The molecule has 0 aliphatic carbocycles. The number of benzene rings is 6. The molecule has 4 aliphatic rings.